The molecule has 0 spiro atoms. The van der Waals surface area contributed by atoms with Crippen LogP contribution in [0.25, 0.3) is 10.8 Å². The summed E-state index contributed by atoms with van der Waals surface area (Å²) in [5, 5.41) is 2.29. The lowest BCUT2D eigenvalue weighted by molar-refractivity contribution is -0.139. The van der Waals surface area contributed by atoms with Crippen molar-refractivity contribution in [2.24, 2.45) is 5.73 Å². The molecule has 0 aromatic heterocycles. The smallest absolute Gasteiger partial charge is 0.222 e. The summed E-state index contributed by atoms with van der Waals surface area (Å²) in [5.41, 5.74) is 6.62. The number of hydrogen-bond donors (Lipinski definition) is 1. The molecular formula is C21H28N2O3. The van der Waals surface area contributed by atoms with Crippen LogP contribution in [0.5, 0.6) is 5.75 Å². The maximum atomic E-state index is 12.4. The number of amides is 1. The number of morpholine rings is 1. The van der Waals surface area contributed by atoms with Crippen molar-refractivity contribution in [2.75, 3.05) is 33.4 Å². The fourth-order valence-corrected chi connectivity index (χ4v) is 3.40. The number of carbonyl (C=O) groups excluding carboxylic acids is 1. The van der Waals surface area contributed by atoms with Gasteiger partial charge in [0.05, 0.1) is 20.3 Å². The Morgan fingerprint density at radius 1 is 1.19 bits per heavy atom. The maximum absolute atomic E-state index is 12.4. The quantitative estimate of drug-likeness (QED) is 0.774. The van der Waals surface area contributed by atoms with Crippen LogP contribution in [0.4, 0.5) is 0 Å². The van der Waals surface area contributed by atoms with E-state index in [2.05, 4.69) is 24.3 Å². The first-order chi connectivity index (χ1) is 12.7. The van der Waals surface area contributed by atoms with Gasteiger partial charge in [0.15, 0.2) is 0 Å². The lowest BCUT2D eigenvalue weighted by atomic mass is 10.0. The molecule has 1 saturated heterocycles. The first-order valence-electron chi connectivity index (χ1n) is 9.38. The average molecular weight is 356 g/mol. The molecule has 0 radical (unpaired) electrons. The van der Waals surface area contributed by atoms with E-state index in [1.54, 1.807) is 7.11 Å². The number of ether oxygens (including phenoxy) is 2. The van der Waals surface area contributed by atoms with E-state index in [0.29, 0.717) is 32.7 Å². The first-order valence-corrected chi connectivity index (χ1v) is 9.38. The Balaban J connectivity index is 1.65. The predicted molar refractivity (Wildman–Crippen MR) is 103 cm³/mol. The number of fused-ring (bicyclic) bond motifs is 1. The van der Waals surface area contributed by atoms with E-state index in [0.717, 1.165) is 41.3 Å². The van der Waals surface area contributed by atoms with Gasteiger partial charge in [-0.1, -0.05) is 24.6 Å². The van der Waals surface area contributed by atoms with Crippen molar-refractivity contribution in [3.8, 4) is 5.75 Å². The SMILES string of the molecule is COc1ccc2cc(C3CN(C(=O)CCCCCN)CCO3)ccc2c1. The molecule has 1 aliphatic heterocycles. The Morgan fingerprint density at radius 2 is 2.00 bits per heavy atom. The van der Waals surface area contributed by atoms with Crippen LogP contribution in [-0.2, 0) is 9.53 Å². The highest BCUT2D eigenvalue weighted by Crippen LogP contribution is 2.28. The summed E-state index contributed by atoms with van der Waals surface area (Å²) < 4.78 is 11.2. The van der Waals surface area contributed by atoms with Crippen LogP contribution in [0.1, 0.15) is 37.4 Å². The van der Waals surface area contributed by atoms with Gasteiger partial charge in [-0.3, -0.25) is 4.79 Å². The van der Waals surface area contributed by atoms with Gasteiger partial charge in [-0.2, -0.15) is 0 Å². The molecule has 1 aliphatic rings. The summed E-state index contributed by atoms with van der Waals surface area (Å²) in [7, 11) is 1.67. The zero-order valence-electron chi connectivity index (χ0n) is 15.4. The summed E-state index contributed by atoms with van der Waals surface area (Å²) >= 11 is 0. The van der Waals surface area contributed by atoms with E-state index >= 15 is 0 Å². The molecule has 1 amide bonds. The van der Waals surface area contributed by atoms with Gasteiger partial charge in [-0.25, -0.2) is 0 Å². The Hall–Kier alpha value is -2.11. The van der Waals surface area contributed by atoms with Gasteiger partial charge >= 0.3 is 0 Å². The second kappa shape index (κ2) is 9.01. The minimum atomic E-state index is -0.0664. The monoisotopic (exact) mass is 356 g/mol. The van der Waals surface area contributed by atoms with Crippen LogP contribution < -0.4 is 10.5 Å². The zero-order chi connectivity index (χ0) is 18.4. The molecule has 5 heteroatoms. The summed E-state index contributed by atoms with van der Waals surface area (Å²) in [6.45, 7) is 2.58. The molecule has 1 heterocycles. The van der Waals surface area contributed by atoms with Crippen molar-refractivity contribution < 1.29 is 14.3 Å². The summed E-state index contributed by atoms with van der Waals surface area (Å²) in [5.74, 6) is 1.08. The minimum absolute atomic E-state index is 0.0664. The largest absolute Gasteiger partial charge is 0.497 e. The molecule has 2 N–H and O–H groups in total. The van der Waals surface area contributed by atoms with Crippen molar-refractivity contribution in [1.29, 1.82) is 0 Å². The molecule has 26 heavy (non-hydrogen) atoms. The number of rotatable bonds is 7. The van der Waals surface area contributed by atoms with Gasteiger partial charge < -0.3 is 20.1 Å². The van der Waals surface area contributed by atoms with Gasteiger partial charge in [-0.05, 0) is 53.9 Å². The van der Waals surface area contributed by atoms with E-state index in [1.165, 1.54) is 0 Å². The third-order valence-corrected chi connectivity index (χ3v) is 4.96. The second-order valence-electron chi connectivity index (χ2n) is 6.77. The molecule has 0 saturated carbocycles. The van der Waals surface area contributed by atoms with E-state index in [1.807, 2.05) is 17.0 Å². The van der Waals surface area contributed by atoms with E-state index in [-0.39, 0.29) is 12.0 Å². The number of nitrogens with two attached hydrogens (primary N) is 1. The lowest BCUT2D eigenvalue weighted by Crippen LogP contribution is -2.42. The normalized spacial score (nSPS) is 17.5. The minimum Gasteiger partial charge on any atom is -0.497 e. The molecule has 0 bridgehead atoms. The molecular weight excluding hydrogens is 328 g/mol. The van der Waals surface area contributed by atoms with Crippen molar-refractivity contribution >= 4 is 16.7 Å². The van der Waals surface area contributed by atoms with Crippen molar-refractivity contribution in [1.82, 2.24) is 4.90 Å². The Bertz CT molecular complexity index is 747. The number of unbranched alkanes of at least 4 members (excludes halogenated alkanes) is 2. The van der Waals surface area contributed by atoms with E-state index < -0.39 is 0 Å². The number of carbonyl (C=O) groups is 1. The third-order valence-electron chi connectivity index (χ3n) is 4.96. The van der Waals surface area contributed by atoms with Crippen LogP contribution in [-0.4, -0.2) is 44.2 Å². The summed E-state index contributed by atoms with van der Waals surface area (Å²) in [6.07, 6.45) is 3.45. The molecule has 1 unspecified atom stereocenters. The van der Waals surface area contributed by atoms with Crippen molar-refractivity contribution in [3.05, 3.63) is 42.0 Å². The molecule has 1 fully saturated rings. The first kappa shape index (κ1) is 18.7. The van der Waals surface area contributed by atoms with Crippen molar-refractivity contribution in [3.63, 3.8) is 0 Å². The molecule has 0 aliphatic carbocycles. The highest BCUT2D eigenvalue weighted by molar-refractivity contribution is 5.84. The summed E-state index contributed by atoms with van der Waals surface area (Å²) in [4.78, 5) is 14.4. The highest BCUT2D eigenvalue weighted by atomic mass is 16.5. The van der Waals surface area contributed by atoms with Crippen LogP contribution in [0, 0.1) is 0 Å². The summed E-state index contributed by atoms with van der Waals surface area (Å²) in [6, 6.07) is 12.4. The number of benzene rings is 2. The molecule has 3 rings (SSSR count). The van der Waals surface area contributed by atoms with Gasteiger partial charge in [-0.15, -0.1) is 0 Å². The van der Waals surface area contributed by atoms with Crippen LogP contribution in [0.15, 0.2) is 36.4 Å². The van der Waals surface area contributed by atoms with Gasteiger partial charge in [0.2, 0.25) is 5.91 Å². The maximum Gasteiger partial charge on any atom is 0.222 e. The average Bonchev–Trinajstić information content (AvgIpc) is 2.70. The molecule has 1 atom stereocenters. The number of methoxy groups -OCH3 is 1. The lowest BCUT2D eigenvalue weighted by Gasteiger charge is -2.33. The van der Waals surface area contributed by atoms with Crippen LogP contribution in [0.2, 0.25) is 0 Å². The second-order valence-corrected chi connectivity index (χ2v) is 6.77. The highest BCUT2D eigenvalue weighted by Gasteiger charge is 2.25. The fraction of sp³-hybridized carbons (Fsp3) is 0.476. The van der Waals surface area contributed by atoms with E-state index in [9.17, 15) is 4.79 Å². The van der Waals surface area contributed by atoms with Crippen LogP contribution >= 0.6 is 0 Å². The zero-order valence-corrected chi connectivity index (χ0v) is 15.4. The molecule has 5 nitrogen and oxygen atoms in total. The predicted octanol–water partition coefficient (Wildman–Crippen LogP) is 3.27. The molecule has 2 aromatic carbocycles. The number of hydrogen-bond acceptors (Lipinski definition) is 4. The third kappa shape index (κ3) is 4.54. The fourth-order valence-electron chi connectivity index (χ4n) is 3.40. The van der Waals surface area contributed by atoms with Gasteiger partial charge in [0, 0.05) is 13.0 Å². The van der Waals surface area contributed by atoms with Gasteiger partial charge in [0.25, 0.3) is 0 Å². The van der Waals surface area contributed by atoms with Crippen molar-refractivity contribution in [2.45, 2.75) is 31.8 Å². The Kier molecular flexibility index (Phi) is 6.47. The molecule has 140 valence electrons. The standard InChI is InChI=1S/C21H28N2O3/c1-25-19-9-8-16-13-18(7-6-17(16)14-19)20-15-23(11-12-26-20)21(24)5-3-2-4-10-22/h6-9,13-14,20H,2-5,10-12,15,22H2,1H3. The Morgan fingerprint density at radius 3 is 2.81 bits per heavy atom. The topological polar surface area (TPSA) is 64.8 Å². The van der Waals surface area contributed by atoms with Gasteiger partial charge in [0.1, 0.15) is 11.9 Å². The van der Waals surface area contributed by atoms with E-state index in [4.69, 9.17) is 15.2 Å². The molecule has 2 aromatic rings. The Labute approximate surface area is 155 Å². The number of nitrogens with zero attached hydrogens (tertiary/aromatic N) is 1. The van der Waals surface area contributed by atoms with Crippen LogP contribution in [0.3, 0.4) is 0 Å².